The SMILES string of the molecule is Cc1nn(CC(=O)N[C@@H]2CCC[C@H](C)[C@H]2C)c(=O)c2c1sc1ccccc12. The van der Waals surface area contributed by atoms with Gasteiger partial charge in [0.15, 0.2) is 0 Å². The highest BCUT2D eigenvalue weighted by Crippen LogP contribution is 2.32. The Kier molecular flexibility index (Phi) is 4.76. The molecule has 1 aromatic carbocycles. The summed E-state index contributed by atoms with van der Waals surface area (Å²) < 4.78 is 3.30. The van der Waals surface area contributed by atoms with Crippen molar-refractivity contribution in [1.82, 2.24) is 15.1 Å². The van der Waals surface area contributed by atoms with E-state index in [4.69, 9.17) is 0 Å². The molecule has 27 heavy (non-hydrogen) atoms. The molecule has 4 rings (SSSR count). The van der Waals surface area contributed by atoms with Crippen LogP contribution >= 0.6 is 11.3 Å². The minimum atomic E-state index is -0.187. The minimum Gasteiger partial charge on any atom is -0.351 e. The van der Waals surface area contributed by atoms with Crippen molar-refractivity contribution in [2.75, 3.05) is 0 Å². The third-order valence-electron chi connectivity index (χ3n) is 5.99. The van der Waals surface area contributed by atoms with Gasteiger partial charge in [-0.25, -0.2) is 4.68 Å². The number of nitrogens with one attached hydrogen (secondary N) is 1. The molecule has 1 saturated carbocycles. The summed E-state index contributed by atoms with van der Waals surface area (Å²) in [6, 6.07) is 8.07. The van der Waals surface area contributed by atoms with Crippen molar-refractivity contribution >= 4 is 37.4 Å². The summed E-state index contributed by atoms with van der Waals surface area (Å²) in [4.78, 5) is 25.7. The van der Waals surface area contributed by atoms with Crippen LogP contribution in [0.1, 0.15) is 38.8 Å². The fourth-order valence-corrected chi connectivity index (χ4v) is 5.33. The van der Waals surface area contributed by atoms with Gasteiger partial charge in [0, 0.05) is 16.1 Å². The van der Waals surface area contributed by atoms with Gasteiger partial charge >= 0.3 is 0 Å². The number of aromatic nitrogens is 2. The molecule has 3 atom stereocenters. The quantitative estimate of drug-likeness (QED) is 0.747. The van der Waals surface area contributed by atoms with Gasteiger partial charge in [0.25, 0.3) is 5.56 Å². The number of carbonyl (C=O) groups is 1. The highest BCUT2D eigenvalue weighted by Gasteiger charge is 2.28. The molecule has 0 aliphatic heterocycles. The third kappa shape index (κ3) is 3.27. The van der Waals surface area contributed by atoms with Crippen LogP contribution in [0.2, 0.25) is 0 Å². The number of hydrogen-bond donors (Lipinski definition) is 1. The Morgan fingerprint density at radius 3 is 2.89 bits per heavy atom. The zero-order valence-corrected chi connectivity index (χ0v) is 16.8. The van der Waals surface area contributed by atoms with Gasteiger partial charge in [-0.2, -0.15) is 5.10 Å². The summed E-state index contributed by atoms with van der Waals surface area (Å²) in [5.74, 6) is 0.937. The second-order valence-corrected chi connectivity index (χ2v) is 8.84. The number of benzene rings is 1. The van der Waals surface area contributed by atoms with Crippen molar-refractivity contribution in [2.24, 2.45) is 11.8 Å². The molecule has 2 heterocycles. The van der Waals surface area contributed by atoms with Gasteiger partial charge in [0.2, 0.25) is 5.91 Å². The average Bonchev–Trinajstić information content (AvgIpc) is 3.04. The normalized spacial score (nSPS) is 23.0. The maximum absolute atomic E-state index is 13.0. The summed E-state index contributed by atoms with van der Waals surface area (Å²) in [5.41, 5.74) is 0.603. The minimum absolute atomic E-state index is 0.0304. The summed E-state index contributed by atoms with van der Waals surface area (Å²) in [6.45, 7) is 6.31. The Hall–Kier alpha value is -2.21. The van der Waals surface area contributed by atoms with E-state index >= 15 is 0 Å². The summed E-state index contributed by atoms with van der Waals surface area (Å²) in [6.07, 6.45) is 3.36. The number of rotatable bonds is 3. The van der Waals surface area contributed by atoms with Gasteiger partial charge in [0.1, 0.15) is 6.54 Å². The van der Waals surface area contributed by atoms with Crippen LogP contribution in [0.5, 0.6) is 0 Å². The molecule has 1 aliphatic rings. The molecule has 0 unspecified atom stereocenters. The van der Waals surface area contributed by atoms with Crippen LogP contribution < -0.4 is 10.9 Å². The van der Waals surface area contributed by atoms with Crippen molar-refractivity contribution in [2.45, 2.75) is 52.6 Å². The van der Waals surface area contributed by atoms with Crippen LogP contribution in [0.15, 0.2) is 29.1 Å². The number of aryl methyl sites for hydroxylation is 1. The molecule has 142 valence electrons. The lowest BCUT2D eigenvalue weighted by molar-refractivity contribution is -0.123. The average molecular weight is 384 g/mol. The van der Waals surface area contributed by atoms with Gasteiger partial charge in [-0.05, 0) is 31.2 Å². The lowest BCUT2D eigenvalue weighted by Gasteiger charge is -2.34. The molecule has 1 aliphatic carbocycles. The second-order valence-electron chi connectivity index (χ2n) is 7.79. The molecule has 1 N–H and O–H groups in total. The first-order valence-electron chi connectivity index (χ1n) is 9.64. The number of thiophene rings is 1. The second kappa shape index (κ2) is 7.08. The topological polar surface area (TPSA) is 64.0 Å². The predicted molar refractivity (Wildman–Crippen MR) is 110 cm³/mol. The number of nitrogens with zero attached hydrogens (tertiary/aromatic N) is 2. The van der Waals surface area contributed by atoms with E-state index in [9.17, 15) is 9.59 Å². The molecule has 6 heteroatoms. The van der Waals surface area contributed by atoms with Crippen LogP contribution in [0.25, 0.3) is 20.2 Å². The zero-order valence-electron chi connectivity index (χ0n) is 16.0. The fraction of sp³-hybridized carbons (Fsp3) is 0.476. The Morgan fingerprint density at radius 1 is 1.30 bits per heavy atom. The fourth-order valence-electron chi connectivity index (χ4n) is 4.19. The van der Waals surface area contributed by atoms with Crippen LogP contribution in [-0.4, -0.2) is 21.7 Å². The van der Waals surface area contributed by atoms with E-state index in [-0.39, 0.29) is 24.1 Å². The van der Waals surface area contributed by atoms with Crippen LogP contribution in [0, 0.1) is 18.8 Å². The van der Waals surface area contributed by atoms with Crippen molar-refractivity contribution in [3.8, 4) is 0 Å². The molecule has 0 radical (unpaired) electrons. The molecule has 2 aromatic heterocycles. The monoisotopic (exact) mass is 383 g/mol. The molecular weight excluding hydrogens is 358 g/mol. The van der Waals surface area contributed by atoms with Crippen LogP contribution in [0.4, 0.5) is 0 Å². The number of amides is 1. The summed E-state index contributed by atoms with van der Waals surface area (Å²) >= 11 is 1.58. The van der Waals surface area contributed by atoms with Crippen LogP contribution in [-0.2, 0) is 11.3 Å². The van der Waals surface area contributed by atoms with Gasteiger partial charge in [-0.3, -0.25) is 9.59 Å². The van der Waals surface area contributed by atoms with E-state index in [1.807, 2.05) is 31.2 Å². The van der Waals surface area contributed by atoms with E-state index in [0.717, 1.165) is 33.3 Å². The van der Waals surface area contributed by atoms with Crippen LogP contribution in [0.3, 0.4) is 0 Å². The van der Waals surface area contributed by atoms with E-state index in [1.54, 1.807) is 11.3 Å². The van der Waals surface area contributed by atoms with Gasteiger partial charge < -0.3 is 5.32 Å². The Labute approximate surface area is 162 Å². The first-order chi connectivity index (χ1) is 13.0. The molecule has 1 fully saturated rings. The predicted octanol–water partition coefficient (Wildman–Crippen LogP) is 3.86. The van der Waals surface area contributed by atoms with Crippen molar-refractivity contribution in [3.05, 3.63) is 40.3 Å². The Morgan fingerprint density at radius 2 is 2.07 bits per heavy atom. The van der Waals surface area contributed by atoms with Crippen molar-refractivity contribution < 1.29 is 4.79 Å². The first-order valence-corrected chi connectivity index (χ1v) is 10.5. The lowest BCUT2D eigenvalue weighted by Crippen LogP contribution is -2.45. The van der Waals surface area contributed by atoms with Crippen molar-refractivity contribution in [1.29, 1.82) is 0 Å². The Balaban J connectivity index is 1.64. The van der Waals surface area contributed by atoms with Gasteiger partial charge in [-0.15, -0.1) is 11.3 Å². The van der Waals surface area contributed by atoms with Crippen molar-refractivity contribution in [3.63, 3.8) is 0 Å². The Bertz CT molecular complexity index is 1070. The molecule has 1 amide bonds. The number of hydrogen-bond acceptors (Lipinski definition) is 4. The molecule has 0 saturated heterocycles. The highest BCUT2D eigenvalue weighted by molar-refractivity contribution is 7.26. The molecule has 0 spiro atoms. The van der Waals surface area contributed by atoms with E-state index in [0.29, 0.717) is 17.2 Å². The number of fused-ring (bicyclic) bond motifs is 3. The summed E-state index contributed by atoms with van der Waals surface area (Å²) in [7, 11) is 0. The van der Waals surface area contributed by atoms with Gasteiger partial charge in [-0.1, -0.05) is 44.9 Å². The highest BCUT2D eigenvalue weighted by atomic mass is 32.1. The maximum atomic E-state index is 13.0. The van der Waals surface area contributed by atoms with Gasteiger partial charge in [0.05, 0.1) is 15.8 Å². The standard InChI is InChI=1S/C21H25N3O2S/c1-12-7-6-9-16(13(12)2)22-18(25)11-24-21(26)19-15-8-4-5-10-17(15)27-20(19)14(3)23-24/h4-5,8,10,12-13,16H,6-7,9,11H2,1-3H3,(H,22,25)/t12-,13+,16+/m0/s1. The molecule has 3 aromatic rings. The third-order valence-corrected chi connectivity index (χ3v) is 7.27. The largest absolute Gasteiger partial charge is 0.351 e. The zero-order chi connectivity index (χ0) is 19.1. The maximum Gasteiger partial charge on any atom is 0.276 e. The molecule has 5 nitrogen and oxygen atoms in total. The van der Waals surface area contributed by atoms with E-state index in [2.05, 4.69) is 24.3 Å². The van der Waals surface area contributed by atoms with E-state index in [1.165, 1.54) is 11.1 Å². The summed E-state index contributed by atoms with van der Waals surface area (Å²) in [5, 5.41) is 9.17. The number of carbonyl (C=O) groups excluding carboxylic acids is 1. The molecule has 0 bridgehead atoms. The smallest absolute Gasteiger partial charge is 0.276 e. The lowest BCUT2D eigenvalue weighted by atomic mass is 9.78. The van der Waals surface area contributed by atoms with E-state index < -0.39 is 0 Å². The first kappa shape index (κ1) is 18.2. The molecular formula is C21H25N3O2S.